The fourth-order valence-corrected chi connectivity index (χ4v) is 1.68. The van der Waals surface area contributed by atoms with Crippen LogP contribution in [0.5, 0.6) is 0 Å². The van der Waals surface area contributed by atoms with Gasteiger partial charge in [0, 0.05) is 11.1 Å². The summed E-state index contributed by atoms with van der Waals surface area (Å²) in [6.07, 6.45) is 0.835. The first-order valence-electron chi connectivity index (χ1n) is 4.48. The molecule has 1 heterocycles. The maximum absolute atomic E-state index is 10.6. The number of hydrogen-bond acceptors (Lipinski definition) is 2. The summed E-state index contributed by atoms with van der Waals surface area (Å²) in [5, 5.41) is 0. The SMILES string of the molecule is O=Cc1cccc(-c2cccc(Br)n2)c1. The Morgan fingerprint density at radius 3 is 2.67 bits per heavy atom. The molecular formula is C12H8BrNO. The standard InChI is InChI=1S/C12H8BrNO/c13-12-6-2-5-11(14-12)10-4-1-3-9(7-10)8-15/h1-8H. The molecule has 0 spiro atoms. The van der Waals surface area contributed by atoms with Crippen LogP contribution in [0.2, 0.25) is 0 Å². The molecule has 0 fully saturated rings. The summed E-state index contributed by atoms with van der Waals surface area (Å²) in [6.45, 7) is 0. The second-order valence-corrected chi connectivity index (χ2v) is 3.90. The van der Waals surface area contributed by atoms with Crippen LogP contribution in [0.1, 0.15) is 10.4 Å². The lowest BCUT2D eigenvalue weighted by molar-refractivity contribution is 0.112. The molecule has 0 bridgehead atoms. The Bertz CT molecular complexity index is 496. The van der Waals surface area contributed by atoms with Crippen molar-refractivity contribution in [1.82, 2.24) is 4.98 Å². The van der Waals surface area contributed by atoms with Gasteiger partial charge in [-0.15, -0.1) is 0 Å². The zero-order valence-electron chi connectivity index (χ0n) is 7.85. The van der Waals surface area contributed by atoms with E-state index in [4.69, 9.17) is 0 Å². The second kappa shape index (κ2) is 4.36. The second-order valence-electron chi connectivity index (χ2n) is 3.09. The van der Waals surface area contributed by atoms with Crippen molar-refractivity contribution in [3.8, 4) is 11.3 Å². The summed E-state index contributed by atoms with van der Waals surface area (Å²) >= 11 is 3.31. The van der Waals surface area contributed by atoms with E-state index >= 15 is 0 Å². The van der Waals surface area contributed by atoms with Crippen LogP contribution in [0.15, 0.2) is 47.1 Å². The van der Waals surface area contributed by atoms with Gasteiger partial charge in [0.15, 0.2) is 0 Å². The van der Waals surface area contributed by atoms with Crippen LogP contribution < -0.4 is 0 Å². The lowest BCUT2D eigenvalue weighted by atomic mass is 10.1. The highest BCUT2D eigenvalue weighted by Gasteiger charge is 2.00. The molecule has 1 aromatic heterocycles. The molecule has 0 saturated heterocycles. The molecule has 0 aliphatic rings. The Kier molecular flexibility index (Phi) is 2.92. The van der Waals surface area contributed by atoms with E-state index in [-0.39, 0.29) is 0 Å². The summed E-state index contributed by atoms with van der Waals surface area (Å²) in [6, 6.07) is 13.1. The highest BCUT2D eigenvalue weighted by molar-refractivity contribution is 9.10. The van der Waals surface area contributed by atoms with Gasteiger partial charge in [-0.2, -0.15) is 0 Å². The first kappa shape index (κ1) is 10.1. The maximum Gasteiger partial charge on any atom is 0.150 e. The first-order chi connectivity index (χ1) is 7.29. The van der Waals surface area contributed by atoms with Crippen molar-refractivity contribution in [2.24, 2.45) is 0 Å². The lowest BCUT2D eigenvalue weighted by Gasteiger charge is -2.01. The van der Waals surface area contributed by atoms with Crippen molar-refractivity contribution < 1.29 is 4.79 Å². The zero-order valence-corrected chi connectivity index (χ0v) is 9.44. The van der Waals surface area contributed by atoms with Gasteiger partial charge in [0.25, 0.3) is 0 Å². The topological polar surface area (TPSA) is 30.0 Å². The molecule has 1 aromatic carbocycles. The minimum atomic E-state index is 0.661. The number of rotatable bonds is 2. The van der Waals surface area contributed by atoms with Gasteiger partial charge in [-0.3, -0.25) is 4.79 Å². The van der Waals surface area contributed by atoms with E-state index in [1.54, 1.807) is 6.07 Å². The Morgan fingerprint density at radius 2 is 1.93 bits per heavy atom. The lowest BCUT2D eigenvalue weighted by Crippen LogP contribution is -1.85. The number of carbonyl (C=O) groups excluding carboxylic acids is 1. The van der Waals surface area contributed by atoms with Crippen molar-refractivity contribution in [2.45, 2.75) is 0 Å². The molecule has 2 rings (SSSR count). The summed E-state index contributed by atoms with van der Waals surface area (Å²) in [5.74, 6) is 0. The Hall–Kier alpha value is -1.48. The number of pyridine rings is 1. The fraction of sp³-hybridized carbons (Fsp3) is 0. The molecule has 3 heteroatoms. The van der Waals surface area contributed by atoms with Gasteiger partial charge in [0.05, 0.1) is 5.69 Å². The number of halogens is 1. The van der Waals surface area contributed by atoms with Crippen LogP contribution in [-0.4, -0.2) is 11.3 Å². The Morgan fingerprint density at radius 1 is 1.13 bits per heavy atom. The molecule has 74 valence electrons. The van der Waals surface area contributed by atoms with Crippen LogP contribution in [0.25, 0.3) is 11.3 Å². The molecular weight excluding hydrogens is 254 g/mol. The Labute approximate surface area is 96.1 Å². The van der Waals surface area contributed by atoms with Gasteiger partial charge in [-0.25, -0.2) is 4.98 Å². The number of benzene rings is 1. The van der Waals surface area contributed by atoms with Crippen molar-refractivity contribution >= 4 is 22.2 Å². The largest absolute Gasteiger partial charge is 0.298 e. The highest BCUT2D eigenvalue weighted by Crippen LogP contribution is 2.19. The van der Waals surface area contributed by atoms with Crippen LogP contribution in [0.3, 0.4) is 0 Å². The molecule has 0 saturated carbocycles. The monoisotopic (exact) mass is 261 g/mol. The van der Waals surface area contributed by atoms with E-state index in [1.807, 2.05) is 36.4 Å². The third kappa shape index (κ3) is 2.30. The number of nitrogens with zero attached hydrogens (tertiary/aromatic N) is 1. The number of aromatic nitrogens is 1. The maximum atomic E-state index is 10.6. The summed E-state index contributed by atoms with van der Waals surface area (Å²) in [7, 11) is 0. The molecule has 2 aromatic rings. The van der Waals surface area contributed by atoms with Gasteiger partial charge in [0.2, 0.25) is 0 Å². The molecule has 15 heavy (non-hydrogen) atoms. The van der Waals surface area contributed by atoms with E-state index in [0.717, 1.165) is 22.1 Å². The Balaban J connectivity index is 2.49. The predicted molar refractivity (Wildman–Crippen MR) is 62.8 cm³/mol. The third-order valence-corrected chi connectivity index (χ3v) is 2.48. The molecule has 2 nitrogen and oxygen atoms in total. The smallest absolute Gasteiger partial charge is 0.150 e. The van der Waals surface area contributed by atoms with E-state index in [0.29, 0.717) is 5.56 Å². The summed E-state index contributed by atoms with van der Waals surface area (Å²) < 4.78 is 0.788. The quantitative estimate of drug-likeness (QED) is 0.613. The predicted octanol–water partition coefficient (Wildman–Crippen LogP) is 3.32. The molecule has 0 aliphatic carbocycles. The fourth-order valence-electron chi connectivity index (χ4n) is 1.34. The molecule has 0 aliphatic heterocycles. The van der Waals surface area contributed by atoms with E-state index in [1.165, 1.54) is 0 Å². The minimum absolute atomic E-state index is 0.661. The first-order valence-corrected chi connectivity index (χ1v) is 5.27. The molecule has 0 amide bonds. The zero-order chi connectivity index (χ0) is 10.7. The number of carbonyl (C=O) groups is 1. The van der Waals surface area contributed by atoms with Crippen LogP contribution in [0.4, 0.5) is 0 Å². The molecule has 0 N–H and O–H groups in total. The third-order valence-electron chi connectivity index (χ3n) is 2.03. The van der Waals surface area contributed by atoms with Crippen LogP contribution >= 0.6 is 15.9 Å². The van der Waals surface area contributed by atoms with Gasteiger partial charge < -0.3 is 0 Å². The van der Waals surface area contributed by atoms with Gasteiger partial charge >= 0.3 is 0 Å². The van der Waals surface area contributed by atoms with Crippen molar-refractivity contribution in [2.75, 3.05) is 0 Å². The molecule has 0 atom stereocenters. The number of hydrogen-bond donors (Lipinski definition) is 0. The molecule has 0 unspecified atom stereocenters. The average molecular weight is 262 g/mol. The summed E-state index contributed by atoms with van der Waals surface area (Å²) in [5.41, 5.74) is 2.46. The van der Waals surface area contributed by atoms with Crippen LogP contribution in [-0.2, 0) is 0 Å². The molecule has 0 radical (unpaired) electrons. The van der Waals surface area contributed by atoms with Crippen molar-refractivity contribution in [1.29, 1.82) is 0 Å². The average Bonchev–Trinajstić information content (AvgIpc) is 2.29. The van der Waals surface area contributed by atoms with Crippen LogP contribution in [0, 0.1) is 0 Å². The van der Waals surface area contributed by atoms with Crippen molar-refractivity contribution in [3.63, 3.8) is 0 Å². The van der Waals surface area contributed by atoms with Gasteiger partial charge in [-0.05, 0) is 34.1 Å². The number of aldehydes is 1. The normalized spacial score (nSPS) is 9.93. The summed E-state index contributed by atoms with van der Waals surface area (Å²) in [4.78, 5) is 14.9. The van der Waals surface area contributed by atoms with Crippen molar-refractivity contribution in [3.05, 3.63) is 52.6 Å². The van der Waals surface area contributed by atoms with E-state index < -0.39 is 0 Å². The van der Waals surface area contributed by atoms with Gasteiger partial charge in [0.1, 0.15) is 10.9 Å². The van der Waals surface area contributed by atoms with E-state index in [9.17, 15) is 4.79 Å². The van der Waals surface area contributed by atoms with Gasteiger partial charge in [-0.1, -0.05) is 24.3 Å². The minimum Gasteiger partial charge on any atom is -0.298 e. The highest BCUT2D eigenvalue weighted by atomic mass is 79.9. The van der Waals surface area contributed by atoms with E-state index in [2.05, 4.69) is 20.9 Å².